The summed E-state index contributed by atoms with van der Waals surface area (Å²) in [6.45, 7) is 5.39. The maximum absolute atomic E-state index is 12.7. The first-order valence-electron chi connectivity index (χ1n) is 10.2. The normalized spacial score (nSPS) is 15.0. The van der Waals surface area contributed by atoms with Gasteiger partial charge in [0, 0.05) is 60.7 Å². The third-order valence-electron chi connectivity index (χ3n) is 5.24. The lowest BCUT2D eigenvalue weighted by atomic mass is 10.0. The summed E-state index contributed by atoms with van der Waals surface area (Å²) in [5, 5.41) is 3.66. The molecule has 0 bridgehead atoms. The van der Waals surface area contributed by atoms with Gasteiger partial charge in [-0.2, -0.15) is 0 Å². The monoisotopic (exact) mass is 491 g/mol. The van der Waals surface area contributed by atoms with Crippen molar-refractivity contribution in [3.63, 3.8) is 0 Å². The van der Waals surface area contributed by atoms with Crippen LogP contribution in [0, 0.1) is 5.92 Å². The molecule has 0 unspecified atom stereocenters. The highest BCUT2D eigenvalue weighted by Gasteiger charge is 2.23. The van der Waals surface area contributed by atoms with Crippen molar-refractivity contribution in [2.45, 2.75) is 26.3 Å². The van der Waals surface area contributed by atoms with Crippen LogP contribution in [0.4, 0.5) is 5.69 Å². The molecule has 1 aliphatic rings. The lowest BCUT2D eigenvalue weighted by Crippen LogP contribution is -2.49. The quantitative estimate of drug-likeness (QED) is 0.620. The molecule has 1 fully saturated rings. The number of amides is 2. The van der Waals surface area contributed by atoms with Crippen molar-refractivity contribution >= 4 is 45.0 Å². The first-order chi connectivity index (χ1) is 14.4. The number of hydrogen-bond donors (Lipinski definition) is 1. The van der Waals surface area contributed by atoms with E-state index in [1.54, 1.807) is 0 Å². The number of nitrogens with zero attached hydrogens (tertiary/aromatic N) is 2. The zero-order chi connectivity index (χ0) is 21.5. The van der Waals surface area contributed by atoms with Crippen LogP contribution in [-0.4, -0.2) is 42.9 Å². The van der Waals surface area contributed by atoms with E-state index in [4.69, 9.17) is 11.6 Å². The van der Waals surface area contributed by atoms with Crippen LogP contribution in [0.25, 0.3) is 0 Å². The smallest absolute Gasteiger partial charge is 0.222 e. The zero-order valence-electron chi connectivity index (χ0n) is 17.1. The van der Waals surface area contributed by atoms with Crippen LogP contribution in [-0.2, 0) is 16.1 Å². The molecule has 2 aromatic rings. The predicted octanol–water partition coefficient (Wildman–Crippen LogP) is 4.48. The van der Waals surface area contributed by atoms with Gasteiger partial charge in [0.05, 0.1) is 0 Å². The predicted molar refractivity (Wildman–Crippen MR) is 125 cm³/mol. The van der Waals surface area contributed by atoms with Gasteiger partial charge < -0.3 is 15.1 Å². The highest BCUT2D eigenvalue weighted by atomic mass is 79.9. The van der Waals surface area contributed by atoms with Gasteiger partial charge in [-0.05, 0) is 41.8 Å². The summed E-state index contributed by atoms with van der Waals surface area (Å²) in [6, 6.07) is 15.6. The Balaban J connectivity index is 1.39. The molecule has 0 spiro atoms. The Morgan fingerprint density at radius 3 is 2.50 bits per heavy atom. The van der Waals surface area contributed by atoms with E-state index in [1.807, 2.05) is 60.4 Å². The molecular formula is C23H27BrClN3O2. The van der Waals surface area contributed by atoms with Crippen LogP contribution in [0.15, 0.2) is 53.0 Å². The van der Waals surface area contributed by atoms with E-state index in [0.29, 0.717) is 32.5 Å². The van der Waals surface area contributed by atoms with Crippen LogP contribution in [0.3, 0.4) is 0 Å². The molecule has 1 heterocycles. The Labute approximate surface area is 191 Å². The molecule has 0 saturated carbocycles. The van der Waals surface area contributed by atoms with Crippen molar-refractivity contribution in [1.29, 1.82) is 0 Å². The van der Waals surface area contributed by atoms with Crippen molar-refractivity contribution in [3.8, 4) is 0 Å². The highest BCUT2D eigenvalue weighted by molar-refractivity contribution is 9.10. The molecule has 0 radical (unpaired) electrons. The molecular weight excluding hydrogens is 466 g/mol. The van der Waals surface area contributed by atoms with Crippen LogP contribution in [0.2, 0.25) is 5.02 Å². The molecule has 7 heteroatoms. The Bertz CT molecular complexity index is 884. The standard InChI is InChI=1S/C23H27BrClN3O2/c1-17(12-22(29)26-16-18-4-2-5-19(24)14-18)13-23(30)28-10-8-27(9-11-28)21-7-3-6-20(25)15-21/h2-7,14-15,17H,8-13,16H2,1H3,(H,26,29)/t17-/m1/s1. The van der Waals surface area contributed by atoms with Crippen molar-refractivity contribution in [2.75, 3.05) is 31.1 Å². The van der Waals surface area contributed by atoms with Crippen molar-refractivity contribution in [3.05, 3.63) is 63.6 Å². The minimum absolute atomic E-state index is 0.00553. The third kappa shape index (κ3) is 6.74. The number of nitrogens with one attached hydrogen (secondary N) is 1. The zero-order valence-corrected chi connectivity index (χ0v) is 19.5. The fourth-order valence-electron chi connectivity index (χ4n) is 3.62. The lowest BCUT2D eigenvalue weighted by molar-refractivity contribution is -0.132. The second-order valence-corrected chi connectivity index (χ2v) is 9.12. The van der Waals surface area contributed by atoms with Crippen LogP contribution in [0.5, 0.6) is 0 Å². The fourth-order valence-corrected chi connectivity index (χ4v) is 4.25. The number of piperazine rings is 1. The summed E-state index contributed by atoms with van der Waals surface area (Å²) < 4.78 is 0.990. The fraction of sp³-hybridized carbons (Fsp3) is 0.391. The maximum atomic E-state index is 12.7. The molecule has 0 aromatic heterocycles. The summed E-state index contributed by atoms with van der Waals surface area (Å²) in [5.74, 6) is 0.0973. The van der Waals surface area contributed by atoms with Gasteiger partial charge in [0.1, 0.15) is 0 Å². The van der Waals surface area contributed by atoms with E-state index in [0.717, 1.165) is 33.8 Å². The van der Waals surface area contributed by atoms with E-state index in [9.17, 15) is 9.59 Å². The Morgan fingerprint density at radius 2 is 1.80 bits per heavy atom. The molecule has 30 heavy (non-hydrogen) atoms. The molecule has 5 nitrogen and oxygen atoms in total. The third-order valence-corrected chi connectivity index (χ3v) is 5.97. The summed E-state index contributed by atoms with van der Waals surface area (Å²) in [5.41, 5.74) is 2.13. The summed E-state index contributed by atoms with van der Waals surface area (Å²) in [6.07, 6.45) is 0.740. The van der Waals surface area contributed by atoms with Crippen LogP contribution in [0.1, 0.15) is 25.3 Å². The topological polar surface area (TPSA) is 52.7 Å². The largest absolute Gasteiger partial charge is 0.368 e. The van der Waals surface area contributed by atoms with Gasteiger partial charge in [0.25, 0.3) is 0 Å². The van der Waals surface area contributed by atoms with E-state index < -0.39 is 0 Å². The molecule has 3 rings (SSSR count). The van der Waals surface area contributed by atoms with Gasteiger partial charge in [-0.15, -0.1) is 0 Å². The van der Waals surface area contributed by atoms with Gasteiger partial charge in [0.15, 0.2) is 0 Å². The minimum Gasteiger partial charge on any atom is -0.368 e. The Kier molecular flexibility index (Phi) is 8.16. The molecule has 1 saturated heterocycles. The average molecular weight is 493 g/mol. The number of rotatable bonds is 7. The molecule has 160 valence electrons. The number of anilines is 1. The number of hydrogen-bond acceptors (Lipinski definition) is 3. The van der Waals surface area contributed by atoms with Crippen LogP contribution < -0.4 is 10.2 Å². The van der Waals surface area contributed by atoms with Gasteiger partial charge in [0.2, 0.25) is 11.8 Å². The van der Waals surface area contributed by atoms with Gasteiger partial charge >= 0.3 is 0 Å². The van der Waals surface area contributed by atoms with Gasteiger partial charge in [-0.25, -0.2) is 0 Å². The number of carbonyl (C=O) groups excluding carboxylic acids is 2. The van der Waals surface area contributed by atoms with E-state index >= 15 is 0 Å². The Hall–Kier alpha value is -2.05. The summed E-state index contributed by atoms with van der Waals surface area (Å²) in [7, 11) is 0. The van der Waals surface area contributed by atoms with Crippen molar-refractivity contribution < 1.29 is 9.59 Å². The maximum Gasteiger partial charge on any atom is 0.222 e. The lowest BCUT2D eigenvalue weighted by Gasteiger charge is -2.36. The van der Waals surface area contributed by atoms with Gasteiger partial charge in [-0.1, -0.05) is 52.7 Å². The first-order valence-corrected chi connectivity index (χ1v) is 11.4. The summed E-state index contributed by atoms with van der Waals surface area (Å²) in [4.78, 5) is 29.0. The molecule has 1 N–H and O–H groups in total. The first kappa shape index (κ1) is 22.6. The van der Waals surface area contributed by atoms with E-state index in [-0.39, 0.29) is 17.7 Å². The molecule has 1 atom stereocenters. The number of carbonyl (C=O) groups is 2. The SMILES string of the molecule is C[C@H](CC(=O)NCc1cccc(Br)c1)CC(=O)N1CCN(c2cccc(Cl)c2)CC1. The minimum atomic E-state index is -0.0268. The van der Waals surface area contributed by atoms with Crippen molar-refractivity contribution in [1.82, 2.24) is 10.2 Å². The van der Waals surface area contributed by atoms with E-state index in [2.05, 4.69) is 26.1 Å². The summed E-state index contributed by atoms with van der Waals surface area (Å²) >= 11 is 9.51. The Morgan fingerprint density at radius 1 is 1.07 bits per heavy atom. The van der Waals surface area contributed by atoms with E-state index in [1.165, 1.54) is 0 Å². The number of halogens is 2. The number of benzene rings is 2. The molecule has 0 aliphatic carbocycles. The molecule has 2 amide bonds. The van der Waals surface area contributed by atoms with Gasteiger partial charge in [-0.3, -0.25) is 9.59 Å². The molecule has 1 aliphatic heterocycles. The second-order valence-electron chi connectivity index (χ2n) is 7.77. The second kappa shape index (κ2) is 10.8. The molecule has 2 aromatic carbocycles. The highest BCUT2D eigenvalue weighted by Crippen LogP contribution is 2.21. The average Bonchev–Trinajstić information content (AvgIpc) is 2.72. The van der Waals surface area contributed by atoms with Crippen LogP contribution >= 0.6 is 27.5 Å². The van der Waals surface area contributed by atoms with Crippen molar-refractivity contribution in [2.24, 2.45) is 5.92 Å².